The van der Waals surface area contributed by atoms with Crippen LogP contribution in [0.5, 0.6) is 0 Å². The van der Waals surface area contributed by atoms with Crippen molar-refractivity contribution in [2.24, 2.45) is 0 Å². The number of ether oxygens (including phenoxy) is 5. The van der Waals surface area contributed by atoms with Gasteiger partial charge in [0.15, 0.2) is 6.10 Å². The predicted octanol–water partition coefficient (Wildman–Crippen LogP) is 7.02. The van der Waals surface area contributed by atoms with Crippen molar-refractivity contribution >= 4 is 46.7 Å². The Bertz CT molecular complexity index is 2020. The molecule has 2 aromatic heterocycles. The van der Waals surface area contributed by atoms with E-state index < -0.39 is 36.9 Å². The van der Waals surface area contributed by atoms with Crippen LogP contribution in [-0.4, -0.2) is 51.1 Å². The minimum absolute atomic E-state index is 0.0111. The number of aryl methyl sites for hydroxylation is 1. The number of carbonyl (C=O) groups is 3. The van der Waals surface area contributed by atoms with E-state index >= 15 is 0 Å². The zero-order valence-corrected chi connectivity index (χ0v) is 28.0. The minimum atomic E-state index is -1.75. The van der Waals surface area contributed by atoms with Crippen LogP contribution in [0.3, 0.4) is 0 Å². The monoisotopic (exact) mass is 708 g/mol. The topological polar surface area (TPSA) is 140 Å². The van der Waals surface area contributed by atoms with Crippen LogP contribution in [0.15, 0.2) is 103 Å². The molecule has 5 aromatic rings. The second-order valence-corrected chi connectivity index (χ2v) is 12.0. The minimum Gasteiger partial charge on any atom is -0.430 e. The fourth-order valence-corrected chi connectivity index (χ4v) is 5.74. The zero-order chi connectivity index (χ0) is 35.6. The number of aromatic nitrogens is 3. The first-order chi connectivity index (χ1) is 24.8. The maximum Gasteiger partial charge on any atom is 0.509 e. The average Bonchev–Trinajstić information content (AvgIpc) is 3.74. The molecule has 0 spiro atoms. The number of fused-ring (bicyclic) bond motifs is 1. The molecule has 0 bridgehead atoms. The van der Waals surface area contributed by atoms with Gasteiger partial charge in [0.1, 0.15) is 37.5 Å². The molecule has 6 rings (SSSR count). The molecule has 0 radical (unpaired) electrons. The van der Waals surface area contributed by atoms with Gasteiger partial charge in [-0.1, -0.05) is 96.9 Å². The van der Waals surface area contributed by atoms with Crippen molar-refractivity contribution in [3.8, 4) is 12.3 Å². The van der Waals surface area contributed by atoms with Crippen LogP contribution in [0.4, 0.5) is 15.4 Å². The van der Waals surface area contributed by atoms with Crippen LogP contribution in [0.25, 0.3) is 11.0 Å². The van der Waals surface area contributed by atoms with Crippen molar-refractivity contribution in [3.63, 3.8) is 0 Å². The third kappa shape index (κ3) is 8.83. The molecule has 51 heavy (non-hydrogen) atoms. The number of nitrogens with one attached hydrogen (secondary N) is 1. The number of carbonyl (C=O) groups excluding carboxylic acids is 3. The maximum absolute atomic E-state index is 12.9. The van der Waals surface area contributed by atoms with E-state index in [2.05, 4.69) is 21.2 Å². The highest BCUT2D eigenvalue weighted by Gasteiger charge is 2.53. The smallest absolute Gasteiger partial charge is 0.430 e. The van der Waals surface area contributed by atoms with Crippen LogP contribution in [0.1, 0.15) is 35.8 Å². The first kappa shape index (κ1) is 34.9. The lowest BCUT2D eigenvalue weighted by molar-refractivity contribution is -0.116. The summed E-state index contributed by atoms with van der Waals surface area (Å²) >= 11 is 6.32. The number of anilines is 1. The zero-order valence-electron chi connectivity index (χ0n) is 27.3. The van der Waals surface area contributed by atoms with Crippen molar-refractivity contribution in [1.82, 2.24) is 14.5 Å². The Morgan fingerprint density at radius 3 is 2.10 bits per heavy atom. The number of hydrogen-bond donors (Lipinski definition) is 1. The van der Waals surface area contributed by atoms with E-state index in [4.69, 9.17) is 41.7 Å². The predicted molar refractivity (Wildman–Crippen MR) is 186 cm³/mol. The summed E-state index contributed by atoms with van der Waals surface area (Å²) < 4.78 is 29.7. The molecule has 12 nitrogen and oxygen atoms in total. The molecule has 0 aliphatic carbocycles. The van der Waals surface area contributed by atoms with Gasteiger partial charge in [0.05, 0.1) is 5.39 Å². The third-order valence-corrected chi connectivity index (χ3v) is 8.33. The summed E-state index contributed by atoms with van der Waals surface area (Å²) in [5, 5.41) is 3.19. The Hall–Kier alpha value is -5.90. The highest BCUT2D eigenvalue weighted by molar-refractivity contribution is 6.29. The number of rotatable bonds is 12. The molecule has 13 heteroatoms. The lowest BCUT2D eigenvalue weighted by Gasteiger charge is -2.28. The molecule has 1 amide bonds. The maximum atomic E-state index is 12.9. The fourth-order valence-electron chi connectivity index (χ4n) is 5.57. The summed E-state index contributed by atoms with van der Waals surface area (Å²) in [4.78, 5) is 47.1. The average molecular weight is 709 g/mol. The Morgan fingerprint density at radius 2 is 1.47 bits per heavy atom. The fraction of sp³-hybridized carbons (Fsp3) is 0.237. The van der Waals surface area contributed by atoms with Crippen LogP contribution in [0.2, 0.25) is 5.28 Å². The summed E-state index contributed by atoms with van der Waals surface area (Å²) in [5.74, 6) is 2.49. The molecule has 3 heterocycles. The van der Waals surface area contributed by atoms with Gasteiger partial charge in [0, 0.05) is 19.0 Å². The van der Waals surface area contributed by atoms with E-state index in [0.717, 1.165) is 16.7 Å². The first-order valence-electron chi connectivity index (χ1n) is 16.1. The molecular weight excluding hydrogens is 676 g/mol. The second kappa shape index (κ2) is 16.2. The lowest BCUT2D eigenvalue weighted by atomic mass is 9.98. The normalized spacial score (nSPS) is 18.0. The molecule has 1 fully saturated rings. The molecule has 0 unspecified atom stereocenters. The molecular formula is C38H33ClN4O8. The summed E-state index contributed by atoms with van der Waals surface area (Å²) in [6.07, 6.45) is 4.42. The quantitative estimate of drug-likeness (QED) is 0.0817. The Morgan fingerprint density at radius 1 is 0.863 bits per heavy atom. The van der Waals surface area contributed by atoms with E-state index in [9.17, 15) is 14.4 Å². The second-order valence-electron chi connectivity index (χ2n) is 11.6. The first-order valence-corrected chi connectivity index (χ1v) is 16.4. The van der Waals surface area contributed by atoms with E-state index in [1.54, 1.807) is 41.1 Å². The molecule has 1 N–H and O–H groups in total. The number of benzene rings is 3. The van der Waals surface area contributed by atoms with E-state index in [1.165, 1.54) is 0 Å². The van der Waals surface area contributed by atoms with Crippen LogP contribution < -0.4 is 5.32 Å². The van der Waals surface area contributed by atoms with E-state index in [0.29, 0.717) is 17.5 Å². The number of terminal acetylenes is 1. The van der Waals surface area contributed by atoms with Gasteiger partial charge in [-0.25, -0.2) is 9.59 Å². The van der Waals surface area contributed by atoms with Gasteiger partial charge in [0.25, 0.3) is 0 Å². The molecule has 260 valence electrons. The van der Waals surface area contributed by atoms with Gasteiger partial charge < -0.3 is 33.6 Å². The van der Waals surface area contributed by atoms with Gasteiger partial charge in [-0.15, -0.1) is 6.42 Å². The van der Waals surface area contributed by atoms with Gasteiger partial charge in [-0.3, -0.25) is 4.79 Å². The Balaban J connectivity index is 1.19. The van der Waals surface area contributed by atoms with Crippen LogP contribution in [0, 0.1) is 12.3 Å². The van der Waals surface area contributed by atoms with Crippen molar-refractivity contribution < 1.29 is 38.1 Å². The summed E-state index contributed by atoms with van der Waals surface area (Å²) in [7, 11) is 0. The van der Waals surface area contributed by atoms with Crippen molar-refractivity contribution in [3.05, 3.63) is 125 Å². The SMILES string of the molecule is C#C[C@]1(COC(=O)OCc2ccccc2)O[C@@H](n2ccc3c(NC(=O)CCc4ccccc4)nc(Cl)nc32)C[C@@H]1OC(=O)OCc1ccccc1. The summed E-state index contributed by atoms with van der Waals surface area (Å²) in [6.45, 7) is -0.583. The highest BCUT2D eigenvalue weighted by Crippen LogP contribution is 2.41. The lowest BCUT2D eigenvalue weighted by Crippen LogP contribution is -2.45. The van der Waals surface area contributed by atoms with Gasteiger partial charge in [-0.05, 0) is 40.8 Å². The van der Waals surface area contributed by atoms with Crippen molar-refractivity contribution in [1.29, 1.82) is 0 Å². The number of hydrogen-bond acceptors (Lipinski definition) is 10. The van der Waals surface area contributed by atoms with E-state index in [-0.39, 0.29) is 43.1 Å². The van der Waals surface area contributed by atoms with Gasteiger partial charge >= 0.3 is 12.3 Å². The van der Waals surface area contributed by atoms with Gasteiger partial charge in [0.2, 0.25) is 16.8 Å². The van der Waals surface area contributed by atoms with Crippen LogP contribution in [-0.2, 0) is 48.1 Å². The van der Waals surface area contributed by atoms with Gasteiger partial charge in [-0.2, -0.15) is 9.97 Å². The number of halogens is 1. The largest absolute Gasteiger partial charge is 0.509 e. The molecule has 3 atom stereocenters. The molecule has 1 aliphatic heterocycles. The Labute approximate surface area is 298 Å². The van der Waals surface area contributed by atoms with E-state index in [1.807, 2.05) is 66.7 Å². The van der Waals surface area contributed by atoms with Crippen molar-refractivity contribution in [2.45, 2.75) is 50.4 Å². The number of amides is 1. The summed E-state index contributed by atoms with van der Waals surface area (Å²) in [5.41, 5.74) is 1.10. The third-order valence-electron chi connectivity index (χ3n) is 8.16. The molecule has 1 aliphatic rings. The summed E-state index contributed by atoms with van der Waals surface area (Å²) in [6, 6.07) is 29.5. The highest BCUT2D eigenvalue weighted by atomic mass is 35.5. The van der Waals surface area contributed by atoms with Crippen molar-refractivity contribution in [2.75, 3.05) is 11.9 Å². The molecule has 3 aromatic carbocycles. The molecule has 1 saturated heterocycles. The molecule has 0 saturated carbocycles. The standard InChI is InChI=1S/C38H33ClN4O8/c1-2-38(25-49-36(45)47-23-27-14-8-4-9-15-27)30(50-37(46)48-24-28-16-10-5-11-17-28)22-32(51-38)43-21-20-29-33(41-35(39)42-34(29)43)40-31(44)19-18-26-12-6-3-7-13-26/h1,3-17,20-21,30,32H,18-19,22-25H2,(H,40,41,42,44)/t30-,32+,38+/m0/s1. The number of nitrogens with zero attached hydrogens (tertiary/aromatic N) is 3. The van der Waals surface area contributed by atoms with Crippen LogP contribution >= 0.6 is 11.6 Å². The Kier molecular flexibility index (Phi) is 11.1.